The van der Waals surface area contributed by atoms with Crippen molar-refractivity contribution < 1.29 is 0 Å². The van der Waals surface area contributed by atoms with Crippen LogP contribution in [0.15, 0.2) is 11.2 Å². The second kappa shape index (κ2) is 5.51. The summed E-state index contributed by atoms with van der Waals surface area (Å²) in [5, 5.41) is 7.48. The molecule has 3 aromatic heterocycles. The van der Waals surface area contributed by atoms with E-state index in [2.05, 4.69) is 20.1 Å². The Morgan fingerprint density at radius 2 is 2.13 bits per heavy atom. The van der Waals surface area contributed by atoms with Crippen molar-refractivity contribution in [2.24, 2.45) is 0 Å². The van der Waals surface area contributed by atoms with E-state index in [1.54, 1.807) is 22.6 Å². The number of rotatable bonds is 2. The fourth-order valence-corrected chi connectivity index (χ4v) is 4.02. The molecule has 0 aromatic carbocycles. The molecule has 6 nitrogen and oxygen atoms in total. The zero-order valence-electron chi connectivity index (χ0n) is 12.2. The predicted molar refractivity (Wildman–Crippen MR) is 92.3 cm³/mol. The molecule has 23 heavy (non-hydrogen) atoms. The van der Waals surface area contributed by atoms with E-state index in [0.717, 1.165) is 33.8 Å². The van der Waals surface area contributed by atoms with Gasteiger partial charge in [-0.1, -0.05) is 23.2 Å². The maximum Gasteiger partial charge on any atom is 0.223 e. The summed E-state index contributed by atoms with van der Waals surface area (Å²) in [6.45, 7) is 2.25. The van der Waals surface area contributed by atoms with Crippen molar-refractivity contribution in [3.8, 4) is 0 Å². The lowest BCUT2D eigenvalue weighted by Crippen LogP contribution is -2.07. The minimum Gasteiger partial charge on any atom is -0.368 e. The van der Waals surface area contributed by atoms with E-state index in [0.29, 0.717) is 27.9 Å². The molecule has 0 amide bonds. The highest BCUT2D eigenvalue weighted by Crippen LogP contribution is 2.35. The van der Waals surface area contributed by atoms with Crippen LogP contribution in [0.25, 0.3) is 11.0 Å². The van der Waals surface area contributed by atoms with Crippen LogP contribution in [-0.4, -0.2) is 30.5 Å². The van der Waals surface area contributed by atoms with Gasteiger partial charge in [-0.2, -0.15) is 10.1 Å². The Morgan fingerprint density at radius 3 is 2.96 bits per heavy atom. The molecule has 3 aromatic rings. The molecule has 0 unspecified atom stereocenters. The van der Waals surface area contributed by atoms with Crippen molar-refractivity contribution in [2.45, 2.75) is 24.9 Å². The fourth-order valence-electron chi connectivity index (χ4n) is 2.60. The number of thioether (sulfide) groups is 1. The predicted octanol–water partition coefficient (Wildman–Crippen LogP) is 3.12. The molecule has 0 atom stereocenters. The lowest BCUT2D eigenvalue weighted by Gasteiger charge is -2.09. The Bertz CT molecular complexity index is 939. The standard InChI is InChI=1S/C14H12Cl2N6S/c1-6-4-18-8(11(16)10(6)15)5-22-12-9-7(21-22)2-3-23-13(9)20-14(17)19-12/h4H,2-3,5H2,1H3,(H2,17,19,20). The number of nitrogens with two attached hydrogens (primary N) is 1. The van der Waals surface area contributed by atoms with Gasteiger partial charge in [-0.3, -0.25) is 4.98 Å². The number of anilines is 1. The topological polar surface area (TPSA) is 82.5 Å². The maximum atomic E-state index is 6.32. The first-order valence-corrected chi connectivity index (χ1v) is 8.74. The molecule has 9 heteroatoms. The van der Waals surface area contributed by atoms with Gasteiger partial charge in [-0.25, -0.2) is 9.67 Å². The summed E-state index contributed by atoms with van der Waals surface area (Å²) < 4.78 is 1.78. The number of halogens is 2. The zero-order valence-corrected chi connectivity index (χ0v) is 14.5. The van der Waals surface area contributed by atoms with Crippen molar-refractivity contribution in [1.82, 2.24) is 24.7 Å². The average Bonchev–Trinajstić information content (AvgIpc) is 2.87. The monoisotopic (exact) mass is 366 g/mol. The zero-order chi connectivity index (χ0) is 16.1. The second-order valence-corrected chi connectivity index (χ2v) is 7.14. The van der Waals surface area contributed by atoms with Gasteiger partial charge >= 0.3 is 0 Å². The molecule has 1 aliphatic rings. The van der Waals surface area contributed by atoms with Crippen molar-refractivity contribution in [3.05, 3.63) is 33.2 Å². The van der Waals surface area contributed by atoms with E-state index < -0.39 is 0 Å². The number of hydrogen-bond donors (Lipinski definition) is 1. The normalized spacial score (nSPS) is 13.7. The van der Waals surface area contributed by atoms with Crippen molar-refractivity contribution in [1.29, 1.82) is 0 Å². The van der Waals surface area contributed by atoms with E-state index in [-0.39, 0.29) is 5.95 Å². The summed E-state index contributed by atoms with van der Waals surface area (Å²) in [6.07, 6.45) is 2.59. The number of aryl methyl sites for hydroxylation is 2. The second-order valence-electron chi connectivity index (χ2n) is 5.30. The third kappa shape index (κ3) is 2.43. The van der Waals surface area contributed by atoms with E-state index in [1.807, 2.05) is 6.92 Å². The molecule has 4 rings (SSSR count). The Morgan fingerprint density at radius 1 is 1.30 bits per heavy atom. The molecule has 0 saturated heterocycles. The van der Waals surface area contributed by atoms with Crippen LogP contribution in [0, 0.1) is 6.92 Å². The van der Waals surface area contributed by atoms with Gasteiger partial charge in [0.15, 0.2) is 5.65 Å². The van der Waals surface area contributed by atoms with Crippen molar-refractivity contribution in [2.75, 3.05) is 11.5 Å². The number of aromatic nitrogens is 5. The number of hydrogen-bond acceptors (Lipinski definition) is 6. The number of nitrogen functional groups attached to an aromatic ring is 1. The minimum atomic E-state index is 0.246. The Balaban J connectivity index is 1.86. The molecule has 118 valence electrons. The van der Waals surface area contributed by atoms with Gasteiger partial charge in [0.25, 0.3) is 0 Å². The van der Waals surface area contributed by atoms with Gasteiger partial charge in [0.2, 0.25) is 5.95 Å². The van der Waals surface area contributed by atoms with E-state index in [9.17, 15) is 0 Å². The third-order valence-electron chi connectivity index (χ3n) is 3.73. The lowest BCUT2D eigenvalue weighted by molar-refractivity contribution is 0.676. The molecule has 0 radical (unpaired) electrons. The molecular formula is C14H12Cl2N6S. The molecule has 2 N–H and O–H groups in total. The Hall–Kier alpha value is -1.57. The lowest BCUT2D eigenvalue weighted by atomic mass is 10.2. The molecule has 0 aliphatic carbocycles. The highest BCUT2D eigenvalue weighted by atomic mass is 35.5. The average molecular weight is 367 g/mol. The van der Waals surface area contributed by atoms with Gasteiger partial charge in [0.05, 0.1) is 33.4 Å². The van der Waals surface area contributed by atoms with E-state index in [4.69, 9.17) is 28.9 Å². The number of pyridine rings is 1. The fraction of sp³-hybridized carbons (Fsp3) is 0.286. The molecule has 1 aliphatic heterocycles. The molecule has 4 heterocycles. The third-order valence-corrected chi connectivity index (χ3v) is 5.70. The highest BCUT2D eigenvalue weighted by molar-refractivity contribution is 7.99. The van der Waals surface area contributed by atoms with Gasteiger partial charge in [0.1, 0.15) is 5.03 Å². The Kier molecular flexibility index (Phi) is 3.59. The van der Waals surface area contributed by atoms with Crippen LogP contribution in [0.1, 0.15) is 17.0 Å². The molecule has 0 saturated carbocycles. The number of nitrogens with zero attached hydrogens (tertiary/aromatic N) is 5. The Labute approximate surface area is 146 Å². The molecule has 0 spiro atoms. The SMILES string of the molecule is Cc1cnc(Cn2nc3c4c(nc(N)nc42)SCC3)c(Cl)c1Cl. The summed E-state index contributed by atoms with van der Waals surface area (Å²) in [6, 6.07) is 0. The van der Waals surface area contributed by atoms with Crippen LogP contribution in [0.2, 0.25) is 10.0 Å². The van der Waals surface area contributed by atoms with E-state index >= 15 is 0 Å². The van der Waals surface area contributed by atoms with Crippen LogP contribution in [0.3, 0.4) is 0 Å². The molecule has 0 bridgehead atoms. The quantitative estimate of drug-likeness (QED) is 0.701. The summed E-state index contributed by atoms with van der Waals surface area (Å²) in [7, 11) is 0. The minimum absolute atomic E-state index is 0.246. The molecule has 0 fully saturated rings. The van der Waals surface area contributed by atoms with Crippen molar-refractivity contribution in [3.63, 3.8) is 0 Å². The summed E-state index contributed by atoms with van der Waals surface area (Å²) >= 11 is 14.2. The first-order chi connectivity index (χ1) is 11.0. The van der Waals surface area contributed by atoms with Crippen LogP contribution in [0.4, 0.5) is 5.95 Å². The van der Waals surface area contributed by atoms with E-state index in [1.165, 1.54) is 0 Å². The van der Waals surface area contributed by atoms with Crippen LogP contribution in [-0.2, 0) is 13.0 Å². The summed E-state index contributed by atoms with van der Waals surface area (Å²) in [5.74, 6) is 1.18. The van der Waals surface area contributed by atoms with Crippen LogP contribution >= 0.6 is 35.0 Å². The van der Waals surface area contributed by atoms with Gasteiger partial charge < -0.3 is 5.73 Å². The smallest absolute Gasteiger partial charge is 0.223 e. The van der Waals surface area contributed by atoms with Gasteiger partial charge in [0, 0.05) is 18.4 Å². The molecular weight excluding hydrogens is 355 g/mol. The summed E-state index contributed by atoms with van der Waals surface area (Å²) in [5.41, 5.74) is 9.03. The maximum absolute atomic E-state index is 6.32. The summed E-state index contributed by atoms with van der Waals surface area (Å²) in [4.78, 5) is 13.0. The highest BCUT2D eigenvalue weighted by Gasteiger charge is 2.23. The van der Waals surface area contributed by atoms with Gasteiger partial charge in [-0.15, -0.1) is 11.8 Å². The van der Waals surface area contributed by atoms with Crippen molar-refractivity contribution >= 4 is 51.9 Å². The van der Waals surface area contributed by atoms with Crippen LogP contribution in [0.5, 0.6) is 0 Å². The first kappa shape index (κ1) is 15.0. The van der Waals surface area contributed by atoms with Gasteiger partial charge in [-0.05, 0) is 12.5 Å². The van der Waals surface area contributed by atoms with Crippen LogP contribution < -0.4 is 5.73 Å². The first-order valence-electron chi connectivity index (χ1n) is 6.99. The largest absolute Gasteiger partial charge is 0.368 e.